The molecule has 0 spiro atoms. The molecule has 0 aromatic rings. The van der Waals surface area contributed by atoms with Gasteiger partial charge < -0.3 is 16.2 Å². The number of hydrogen-bond acceptors (Lipinski definition) is 3. The number of rotatable bonds is 6. The molecule has 3 nitrogen and oxygen atoms in total. The fraction of sp³-hybridized carbons (Fsp3) is 0.200. The van der Waals surface area contributed by atoms with Gasteiger partial charge in [0.1, 0.15) is 11.5 Å². The Morgan fingerprint density at radius 3 is 1.62 bits per heavy atom. The molecule has 0 rings (SSSR count). The van der Waals surface area contributed by atoms with Crippen LogP contribution in [0.4, 0.5) is 0 Å². The number of allylic oxidation sites excluding steroid dienone is 2. The summed E-state index contributed by atoms with van der Waals surface area (Å²) in [5.74, 6) is 1.27. The fourth-order valence-corrected chi connectivity index (χ4v) is 0.740. The Morgan fingerprint density at radius 1 is 1.00 bits per heavy atom. The van der Waals surface area contributed by atoms with Crippen molar-refractivity contribution >= 4 is 0 Å². The smallest absolute Gasteiger partial charge is 0.123 e. The highest BCUT2D eigenvalue weighted by Gasteiger charge is 1.99. The molecular formula is C10H16N2O. The van der Waals surface area contributed by atoms with Crippen molar-refractivity contribution in [3.63, 3.8) is 0 Å². The van der Waals surface area contributed by atoms with E-state index in [4.69, 9.17) is 16.2 Å². The molecule has 0 amide bonds. The van der Waals surface area contributed by atoms with E-state index in [1.807, 2.05) is 0 Å². The molecule has 0 saturated carbocycles. The first-order chi connectivity index (χ1) is 6.28. The van der Waals surface area contributed by atoms with Crippen LogP contribution in [0, 0.1) is 0 Å². The van der Waals surface area contributed by atoms with Crippen LogP contribution in [-0.2, 0) is 4.74 Å². The molecule has 0 aromatic carbocycles. The number of hydrogen-bond donors (Lipinski definition) is 2. The average molecular weight is 180 g/mol. The standard InChI is InChI=1S/C10H16N2O/c1-3-5-9(7-11)13-10(8-12)6-4-2/h3-4,7-8H,1-2,5-6,11-12H2. The summed E-state index contributed by atoms with van der Waals surface area (Å²) in [6, 6.07) is 0. The highest BCUT2D eigenvalue weighted by Crippen LogP contribution is 2.11. The van der Waals surface area contributed by atoms with E-state index in [9.17, 15) is 0 Å². The lowest BCUT2D eigenvalue weighted by Gasteiger charge is -2.09. The Morgan fingerprint density at radius 2 is 1.38 bits per heavy atom. The Hall–Kier alpha value is -1.64. The van der Waals surface area contributed by atoms with Crippen LogP contribution < -0.4 is 11.5 Å². The van der Waals surface area contributed by atoms with Gasteiger partial charge in [0.2, 0.25) is 0 Å². The van der Waals surface area contributed by atoms with Crippen molar-refractivity contribution in [3.8, 4) is 0 Å². The third-order valence-corrected chi connectivity index (χ3v) is 1.33. The van der Waals surface area contributed by atoms with E-state index in [2.05, 4.69) is 13.2 Å². The Kier molecular flexibility index (Phi) is 6.15. The molecule has 13 heavy (non-hydrogen) atoms. The maximum atomic E-state index is 5.36. The molecule has 0 aliphatic heterocycles. The van der Waals surface area contributed by atoms with Crippen LogP contribution >= 0.6 is 0 Å². The van der Waals surface area contributed by atoms with Crippen LogP contribution in [0.5, 0.6) is 0 Å². The Balaban J connectivity index is 4.20. The van der Waals surface area contributed by atoms with E-state index in [-0.39, 0.29) is 0 Å². The first kappa shape index (κ1) is 11.4. The summed E-state index contributed by atoms with van der Waals surface area (Å²) in [7, 11) is 0. The number of ether oxygens (including phenoxy) is 1. The molecule has 3 heteroatoms. The summed E-state index contributed by atoms with van der Waals surface area (Å²) < 4.78 is 5.36. The van der Waals surface area contributed by atoms with Crippen LogP contribution in [0.15, 0.2) is 49.2 Å². The molecule has 4 N–H and O–H groups in total. The molecule has 0 aliphatic rings. The Bertz CT molecular complexity index is 205. The zero-order chi connectivity index (χ0) is 10.1. The van der Waals surface area contributed by atoms with E-state index >= 15 is 0 Å². The number of nitrogens with two attached hydrogens (primary N) is 2. The molecule has 0 unspecified atom stereocenters. The van der Waals surface area contributed by atoms with E-state index in [1.165, 1.54) is 12.4 Å². The van der Waals surface area contributed by atoms with Gasteiger partial charge in [-0.05, 0) is 0 Å². The molecule has 0 aromatic heterocycles. The average Bonchev–Trinajstić information content (AvgIpc) is 2.16. The first-order valence-corrected chi connectivity index (χ1v) is 3.99. The molecule has 0 radical (unpaired) electrons. The molecule has 0 fully saturated rings. The van der Waals surface area contributed by atoms with Gasteiger partial charge >= 0.3 is 0 Å². The highest BCUT2D eigenvalue weighted by atomic mass is 16.5. The SMILES string of the molecule is C=CCC(=CN)OC(=CN)CC=C. The van der Waals surface area contributed by atoms with Gasteiger partial charge in [0, 0.05) is 25.2 Å². The zero-order valence-electron chi connectivity index (χ0n) is 7.70. The van der Waals surface area contributed by atoms with E-state index < -0.39 is 0 Å². The van der Waals surface area contributed by atoms with Crippen molar-refractivity contribution in [2.24, 2.45) is 11.5 Å². The maximum absolute atomic E-state index is 5.36. The quantitative estimate of drug-likeness (QED) is 0.483. The van der Waals surface area contributed by atoms with E-state index in [0.717, 1.165) is 0 Å². The first-order valence-electron chi connectivity index (χ1n) is 3.99. The van der Waals surface area contributed by atoms with Crippen LogP contribution in [-0.4, -0.2) is 0 Å². The van der Waals surface area contributed by atoms with Gasteiger partial charge in [-0.15, -0.1) is 13.2 Å². The van der Waals surface area contributed by atoms with E-state index in [0.29, 0.717) is 24.4 Å². The lowest BCUT2D eigenvalue weighted by atomic mass is 10.3. The van der Waals surface area contributed by atoms with Crippen molar-refractivity contribution in [2.45, 2.75) is 12.8 Å². The Labute approximate surface area is 79.1 Å². The van der Waals surface area contributed by atoms with Gasteiger partial charge in [0.15, 0.2) is 0 Å². The zero-order valence-corrected chi connectivity index (χ0v) is 7.70. The van der Waals surface area contributed by atoms with Gasteiger partial charge in [0.05, 0.1) is 0 Å². The van der Waals surface area contributed by atoms with Gasteiger partial charge in [-0.3, -0.25) is 0 Å². The lowest BCUT2D eigenvalue weighted by Crippen LogP contribution is -1.98. The minimum atomic E-state index is 0.588. The second kappa shape index (κ2) is 7.03. The maximum Gasteiger partial charge on any atom is 0.123 e. The van der Waals surface area contributed by atoms with Crippen molar-refractivity contribution < 1.29 is 4.74 Å². The third-order valence-electron chi connectivity index (χ3n) is 1.33. The fourth-order valence-electron chi connectivity index (χ4n) is 0.740. The summed E-state index contributed by atoms with van der Waals surface area (Å²) in [6.07, 6.45) is 7.39. The van der Waals surface area contributed by atoms with Crippen LogP contribution in [0.2, 0.25) is 0 Å². The molecule has 72 valence electrons. The predicted octanol–water partition coefficient (Wildman–Crippen LogP) is 1.76. The monoisotopic (exact) mass is 180 g/mol. The summed E-state index contributed by atoms with van der Waals surface area (Å²) in [5, 5.41) is 0. The molecule has 0 aliphatic carbocycles. The second-order valence-corrected chi connectivity index (χ2v) is 2.35. The predicted molar refractivity (Wildman–Crippen MR) is 55.3 cm³/mol. The highest BCUT2D eigenvalue weighted by molar-refractivity contribution is 5.04. The molecule has 0 atom stereocenters. The summed E-state index contributed by atoms with van der Waals surface area (Å²) in [6.45, 7) is 7.16. The van der Waals surface area contributed by atoms with Gasteiger partial charge in [-0.2, -0.15) is 0 Å². The summed E-state index contributed by atoms with van der Waals surface area (Å²) >= 11 is 0. The summed E-state index contributed by atoms with van der Waals surface area (Å²) in [4.78, 5) is 0. The van der Waals surface area contributed by atoms with Gasteiger partial charge in [-0.25, -0.2) is 0 Å². The molecule has 0 bridgehead atoms. The summed E-state index contributed by atoms with van der Waals surface area (Å²) in [5.41, 5.74) is 10.7. The molecular weight excluding hydrogens is 164 g/mol. The largest absolute Gasteiger partial charge is 0.462 e. The van der Waals surface area contributed by atoms with Crippen LogP contribution in [0.25, 0.3) is 0 Å². The third kappa shape index (κ3) is 4.74. The molecule has 0 heterocycles. The second-order valence-electron chi connectivity index (χ2n) is 2.35. The van der Waals surface area contributed by atoms with Crippen molar-refractivity contribution in [1.82, 2.24) is 0 Å². The van der Waals surface area contributed by atoms with Gasteiger partial charge in [0.25, 0.3) is 0 Å². The topological polar surface area (TPSA) is 61.3 Å². The van der Waals surface area contributed by atoms with Crippen molar-refractivity contribution in [3.05, 3.63) is 49.2 Å². The van der Waals surface area contributed by atoms with Crippen molar-refractivity contribution in [2.75, 3.05) is 0 Å². The normalized spacial score (nSPS) is 12.3. The minimum Gasteiger partial charge on any atom is -0.462 e. The minimum absolute atomic E-state index is 0.588. The van der Waals surface area contributed by atoms with Crippen LogP contribution in [0.1, 0.15) is 12.8 Å². The van der Waals surface area contributed by atoms with Gasteiger partial charge in [-0.1, -0.05) is 12.2 Å². The lowest BCUT2D eigenvalue weighted by molar-refractivity contribution is 0.289. The van der Waals surface area contributed by atoms with Crippen molar-refractivity contribution in [1.29, 1.82) is 0 Å². The van der Waals surface area contributed by atoms with Crippen LogP contribution in [0.3, 0.4) is 0 Å². The van der Waals surface area contributed by atoms with E-state index in [1.54, 1.807) is 12.2 Å². The molecule has 0 saturated heterocycles.